The first-order valence-electron chi connectivity index (χ1n) is 8.36. The van der Waals surface area contributed by atoms with Crippen molar-refractivity contribution in [2.45, 2.75) is 12.3 Å². The predicted octanol–water partition coefficient (Wildman–Crippen LogP) is 3.50. The molecule has 1 atom stereocenters. The number of nitrogens with zero attached hydrogens (tertiary/aromatic N) is 3. The number of benzene rings is 2. The van der Waals surface area contributed by atoms with Crippen molar-refractivity contribution in [1.29, 1.82) is 0 Å². The minimum Gasteiger partial charge on any atom is -0.407 e. The summed E-state index contributed by atoms with van der Waals surface area (Å²) in [4.78, 5) is 26.2. The summed E-state index contributed by atoms with van der Waals surface area (Å²) in [6.07, 6.45) is 0.261. The van der Waals surface area contributed by atoms with E-state index in [2.05, 4.69) is 15.5 Å². The highest BCUT2D eigenvalue weighted by molar-refractivity contribution is 6.30. The van der Waals surface area contributed by atoms with Crippen LogP contribution in [0, 0.1) is 0 Å². The second-order valence-electron chi connectivity index (χ2n) is 6.15. The van der Waals surface area contributed by atoms with E-state index in [9.17, 15) is 9.59 Å². The first-order valence-corrected chi connectivity index (χ1v) is 8.73. The van der Waals surface area contributed by atoms with Crippen molar-refractivity contribution in [2.24, 2.45) is 0 Å². The van der Waals surface area contributed by atoms with E-state index in [1.54, 1.807) is 53.4 Å². The van der Waals surface area contributed by atoms with Crippen LogP contribution in [0.3, 0.4) is 0 Å². The molecular formula is C19H15ClN4O3. The summed E-state index contributed by atoms with van der Waals surface area (Å²) in [6, 6.07) is 15.8. The molecule has 1 fully saturated rings. The molecule has 27 heavy (non-hydrogen) atoms. The Balaban J connectivity index is 1.45. The second-order valence-corrected chi connectivity index (χ2v) is 6.58. The second kappa shape index (κ2) is 7.20. The van der Waals surface area contributed by atoms with Gasteiger partial charge in [-0.3, -0.25) is 14.9 Å². The molecule has 3 aromatic rings. The molecule has 136 valence electrons. The maximum absolute atomic E-state index is 12.3. The van der Waals surface area contributed by atoms with Crippen LogP contribution in [0.25, 0.3) is 0 Å². The standard InChI is InChI=1S/C19H15ClN4O3/c20-14-6-8-15(9-7-14)24-11-13(10-16(24)25)18-22-23-19(27-18)21-17(26)12-4-2-1-3-5-12/h1-9,13H,10-11H2,(H,21,23,26)/t13-/m0/s1. The van der Waals surface area contributed by atoms with E-state index in [1.165, 1.54) is 0 Å². The van der Waals surface area contributed by atoms with Gasteiger partial charge in [-0.25, -0.2) is 0 Å². The zero-order valence-corrected chi connectivity index (χ0v) is 14.9. The average molecular weight is 383 g/mol. The lowest BCUT2D eigenvalue weighted by molar-refractivity contribution is -0.117. The number of aromatic nitrogens is 2. The minimum absolute atomic E-state index is 0.0104. The van der Waals surface area contributed by atoms with E-state index in [1.807, 2.05) is 6.07 Å². The van der Waals surface area contributed by atoms with Crippen molar-refractivity contribution in [3.63, 3.8) is 0 Å². The zero-order valence-electron chi connectivity index (χ0n) is 14.1. The molecule has 0 aliphatic carbocycles. The van der Waals surface area contributed by atoms with E-state index in [0.29, 0.717) is 23.0 Å². The van der Waals surface area contributed by atoms with Crippen LogP contribution >= 0.6 is 11.6 Å². The minimum atomic E-state index is -0.337. The molecule has 1 saturated heterocycles. The first-order chi connectivity index (χ1) is 13.1. The van der Waals surface area contributed by atoms with Crippen molar-refractivity contribution >= 4 is 35.1 Å². The van der Waals surface area contributed by atoms with E-state index in [-0.39, 0.29) is 30.2 Å². The lowest BCUT2D eigenvalue weighted by atomic mass is 10.1. The number of rotatable bonds is 4. The maximum Gasteiger partial charge on any atom is 0.322 e. The highest BCUT2D eigenvalue weighted by Crippen LogP contribution is 2.32. The molecule has 1 aliphatic rings. The summed E-state index contributed by atoms with van der Waals surface area (Å²) < 4.78 is 5.56. The Morgan fingerprint density at radius 2 is 1.85 bits per heavy atom. The molecule has 2 aromatic carbocycles. The molecule has 4 rings (SSSR count). The molecule has 0 radical (unpaired) electrons. The average Bonchev–Trinajstić information content (AvgIpc) is 3.30. The molecule has 0 saturated carbocycles. The largest absolute Gasteiger partial charge is 0.407 e. The molecule has 0 bridgehead atoms. The van der Waals surface area contributed by atoms with Crippen molar-refractivity contribution in [2.75, 3.05) is 16.8 Å². The summed E-state index contributed by atoms with van der Waals surface area (Å²) in [5.74, 6) is -0.280. The topological polar surface area (TPSA) is 88.3 Å². The van der Waals surface area contributed by atoms with E-state index in [0.717, 1.165) is 5.69 Å². The van der Waals surface area contributed by atoms with Crippen LogP contribution in [-0.2, 0) is 4.79 Å². The third-order valence-corrected chi connectivity index (χ3v) is 4.56. The van der Waals surface area contributed by atoms with Crippen LogP contribution in [0.2, 0.25) is 5.02 Å². The van der Waals surface area contributed by atoms with Gasteiger partial charge in [0.1, 0.15) is 0 Å². The molecular weight excluding hydrogens is 368 g/mol. The molecule has 1 aliphatic heterocycles. The molecule has 7 nitrogen and oxygen atoms in total. The molecule has 1 aromatic heterocycles. The first kappa shape index (κ1) is 17.2. The highest BCUT2D eigenvalue weighted by Gasteiger charge is 2.35. The summed E-state index contributed by atoms with van der Waals surface area (Å²) in [5, 5.41) is 11.0. The number of hydrogen-bond acceptors (Lipinski definition) is 5. The molecule has 2 amide bonds. The fraction of sp³-hybridized carbons (Fsp3) is 0.158. The van der Waals surface area contributed by atoms with E-state index >= 15 is 0 Å². The third-order valence-electron chi connectivity index (χ3n) is 4.31. The van der Waals surface area contributed by atoms with Gasteiger partial charge in [0, 0.05) is 29.2 Å². The molecule has 2 heterocycles. The van der Waals surface area contributed by atoms with Gasteiger partial charge in [0.05, 0.1) is 5.92 Å². The van der Waals surface area contributed by atoms with E-state index < -0.39 is 0 Å². The Bertz CT molecular complexity index is 972. The molecule has 8 heteroatoms. The molecule has 0 spiro atoms. The van der Waals surface area contributed by atoms with Gasteiger partial charge >= 0.3 is 6.01 Å². The van der Waals surface area contributed by atoms with Crippen LogP contribution in [-0.4, -0.2) is 28.6 Å². The Morgan fingerprint density at radius 1 is 1.11 bits per heavy atom. The Kier molecular flexibility index (Phi) is 4.60. The maximum atomic E-state index is 12.3. The summed E-state index contributed by atoms with van der Waals surface area (Å²) in [6.45, 7) is 0.425. The fourth-order valence-electron chi connectivity index (χ4n) is 2.95. The van der Waals surface area contributed by atoms with Gasteiger partial charge in [-0.15, -0.1) is 5.10 Å². The molecule has 1 N–H and O–H groups in total. The summed E-state index contributed by atoms with van der Waals surface area (Å²) in [5.41, 5.74) is 1.26. The SMILES string of the molecule is O=C(Nc1nnc([C@H]2CC(=O)N(c3ccc(Cl)cc3)C2)o1)c1ccccc1. The number of amides is 2. The number of carbonyl (C=O) groups is 2. The van der Waals surface area contributed by atoms with Gasteiger partial charge in [0.2, 0.25) is 11.8 Å². The summed E-state index contributed by atoms with van der Waals surface area (Å²) >= 11 is 5.90. The number of anilines is 2. The lowest BCUT2D eigenvalue weighted by Gasteiger charge is -2.15. The van der Waals surface area contributed by atoms with Crippen molar-refractivity contribution in [1.82, 2.24) is 10.2 Å². The normalized spacial score (nSPS) is 16.6. The number of carbonyl (C=O) groups excluding carboxylic acids is 2. The monoisotopic (exact) mass is 382 g/mol. The lowest BCUT2D eigenvalue weighted by Crippen LogP contribution is -2.24. The van der Waals surface area contributed by atoms with Gasteiger partial charge in [-0.1, -0.05) is 34.9 Å². The van der Waals surface area contributed by atoms with Crippen LogP contribution < -0.4 is 10.2 Å². The smallest absolute Gasteiger partial charge is 0.322 e. The van der Waals surface area contributed by atoms with Gasteiger partial charge < -0.3 is 9.32 Å². The van der Waals surface area contributed by atoms with Crippen molar-refractivity contribution < 1.29 is 14.0 Å². The van der Waals surface area contributed by atoms with Crippen LogP contribution in [0.5, 0.6) is 0 Å². The number of hydrogen-bond donors (Lipinski definition) is 1. The quantitative estimate of drug-likeness (QED) is 0.746. The van der Waals surface area contributed by atoms with Gasteiger partial charge in [0.25, 0.3) is 5.91 Å². The summed E-state index contributed by atoms with van der Waals surface area (Å²) in [7, 11) is 0. The molecule has 0 unspecified atom stereocenters. The van der Waals surface area contributed by atoms with Crippen molar-refractivity contribution in [3.8, 4) is 0 Å². The van der Waals surface area contributed by atoms with Gasteiger partial charge in [-0.05, 0) is 36.4 Å². The predicted molar refractivity (Wildman–Crippen MR) is 99.9 cm³/mol. The number of nitrogens with one attached hydrogen (secondary N) is 1. The Hall–Kier alpha value is -3.19. The van der Waals surface area contributed by atoms with E-state index in [4.69, 9.17) is 16.0 Å². The zero-order chi connectivity index (χ0) is 18.8. The van der Waals surface area contributed by atoms with Crippen LogP contribution in [0.1, 0.15) is 28.6 Å². The fourth-order valence-corrected chi connectivity index (χ4v) is 3.08. The Morgan fingerprint density at radius 3 is 2.59 bits per heavy atom. The Labute approximate surface area is 160 Å². The van der Waals surface area contributed by atoms with Crippen molar-refractivity contribution in [3.05, 3.63) is 71.1 Å². The van der Waals surface area contributed by atoms with Crippen LogP contribution in [0.4, 0.5) is 11.7 Å². The van der Waals surface area contributed by atoms with Gasteiger partial charge in [0.15, 0.2) is 0 Å². The highest BCUT2D eigenvalue weighted by atomic mass is 35.5. The number of halogens is 1. The third kappa shape index (κ3) is 3.68. The van der Waals surface area contributed by atoms with Crippen LogP contribution in [0.15, 0.2) is 59.0 Å². The van der Waals surface area contributed by atoms with Gasteiger partial charge in [-0.2, -0.15) is 0 Å².